The van der Waals surface area contributed by atoms with E-state index in [0.29, 0.717) is 12.1 Å². The van der Waals surface area contributed by atoms with Gasteiger partial charge in [0.15, 0.2) is 0 Å². The van der Waals surface area contributed by atoms with Crippen molar-refractivity contribution in [1.29, 1.82) is 0 Å². The van der Waals surface area contributed by atoms with Crippen LogP contribution >= 0.6 is 0 Å². The van der Waals surface area contributed by atoms with E-state index in [1.165, 1.54) is 0 Å². The van der Waals surface area contributed by atoms with E-state index < -0.39 is 0 Å². The fourth-order valence-corrected chi connectivity index (χ4v) is 1.58. The monoisotopic (exact) mass is 280 g/mol. The van der Waals surface area contributed by atoms with Gasteiger partial charge in [0, 0.05) is 0 Å². The molecule has 0 aromatic carbocycles. The van der Waals surface area contributed by atoms with Crippen molar-refractivity contribution in [2.45, 2.75) is 105 Å². The van der Waals surface area contributed by atoms with Crippen molar-refractivity contribution in [1.82, 2.24) is 0 Å². The molecule has 112 valence electrons. The van der Waals surface area contributed by atoms with E-state index >= 15 is 0 Å². The second-order valence-electron chi connectivity index (χ2n) is 6.78. The van der Waals surface area contributed by atoms with Crippen molar-refractivity contribution >= 4 is 23.1 Å². The molecule has 0 saturated carbocycles. The molecule has 0 unspecified atom stereocenters. The van der Waals surface area contributed by atoms with E-state index in [2.05, 4.69) is 79.9 Å². The number of hydrogen-bond acceptors (Lipinski definition) is 0. The molecule has 19 heavy (non-hydrogen) atoms. The van der Waals surface area contributed by atoms with Crippen LogP contribution in [0, 0.1) is 0 Å². The van der Waals surface area contributed by atoms with E-state index in [-0.39, 0.29) is 34.1 Å². The minimum atomic E-state index is 0. The third-order valence-corrected chi connectivity index (χ3v) is 2.95. The van der Waals surface area contributed by atoms with Crippen LogP contribution in [-0.2, 0) is 0 Å². The SMILES string of the molecule is CCC(C)(C)[N-]C(C)C.CCC(C)(C)[N-]C(C)C.[Mg+2]. The summed E-state index contributed by atoms with van der Waals surface area (Å²) >= 11 is 0. The summed E-state index contributed by atoms with van der Waals surface area (Å²) < 4.78 is 0. The molecule has 0 aromatic rings. The largest absolute Gasteiger partial charge is 2.00 e. The third kappa shape index (κ3) is 18.7. The van der Waals surface area contributed by atoms with Gasteiger partial charge in [-0.25, -0.2) is 0 Å². The summed E-state index contributed by atoms with van der Waals surface area (Å²) in [6.07, 6.45) is 2.26. The molecule has 0 aliphatic rings. The first-order chi connectivity index (χ1) is 7.95. The molecule has 0 saturated heterocycles. The van der Waals surface area contributed by atoms with Crippen LogP contribution < -0.4 is 0 Å². The van der Waals surface area contributed by atoms with E-state index in [1.807, 2.05) is 0 Å². The van der Waals surface area contributed by atoms with Gasteiger partial charge < -0.3 is 10.6 Å². The maximum absolute atomic E-state index is 4.53. The Labute approximate surface area is 139 Å². The Balaban J connectivity index is -0.000000256. The Morgan fingerprint density at radius 2 is 0.895 bits per heavy atom. The summed E-state index contributed by atoms with van der Waals surface area (Å²) in [5.74, 6) is 0. The fourth-order valence-electron chi connectivity index (χ4n) is 1.58. The Morgan fingerprint density at radius 1 is 0.684 bits per heavy atom. The van der Waals surface area contributed by atoms with Crippen LogP contribution in [-0.4, -0.2) is 46.2 Å². The molecule has 0 rings (SSSR count). The van der Waals surface area contributed by atoms with Gasteiger partial charge in [0.05, 0.1) is 0 Å². The first-order valence-electron chi connectivity index (χ1n) is 7.39. The van der Waals surface area contributed by atoms with E-state index in [0.717, 1.165) is 12.8 Å². The van der Waals surface area contributed by atoms with E-state index in [9.17, 15) is 0 Å². The van der Waals surface area contributed by atoms with Crippen LogP contribution in [0.15, 0.2) is 0 Å². The second-order valence-corrected chi connectivity index (χ2v) is 6.78. The molecule has 0 aliphatic carbocycles. The standard InChI is InChI=1S/2C8H18N.Mg/c2*1-6-8(4,5)9-7(2)3;/h2*7H,6H2,1-5H3;/q2*-1;+2. The molecule has 0 atom stereocenters. The van der Waals surface area contributed by atoms with Crippen LogP contribution in [0.3, 0.4) is 0 Å². The summed E-state index contributed by atoms with van der Waals surface area (Å²) in [6.45, 7) is 21.5. The van der Waals surface area contributed by atoms with Crippen molar-refractivity contribution in [2.75, 3.05) is 0 Å². The van der Waals surface area contributed by atoms with Gasteiger partial charge in [0.2, 0.25) is 0 Å². The van der Waals surface area contributed by atoms with Gasteiger partial charge in [-0.2, -0.15) is 0 Å². The minimum Gasteiger partial charge on any atom is -0.655 e. The zero-order valence-corrected chi connectivity index (χ0v) is 16.6. The maximum Gasteiger partial charge on any atom is 2.00 e. The van der Waals surface area contributed by atoms with Gasteiger partial charge in [-0.1, -0.05) is 82.1 Å². The molecule has 0 spiro atoms. The predicted octanol–water partition coefficient (Wildman–Crippen LogP) is 5.53. The molecule has 0 bridgehead atoms. The molecule has 0 fully saturated rings. The summed E-state index contributed by atoms with van der Waals surface area (Å²) in [5, 5.41) is 9.06. The summed E-state index contributed by atoms with van der Waals surface area (Å²) in [6, 6.07) is 0.944. The molecule has 0 N–H and O–H groups in total. The molecular formula is C16H36MgN2. The van der Waals surface area contributed by atoms with Crippen molar-refractivity contribution in [3.8, 4) is 0 Å². The average molecular weight is 281 g/mol. The number of hydrogen-bond donors (Lipinski definition) is 0. The molecule has 0 amide bonds. The molecule has 0 heterocycles. The Hall–Kier alpha value is 0.686. The van der Waals surface area contributed by atoms with Crippen LogP contribution in [0.25, 0.3) is 10.6 Å². The van der Waals surface area contributed by atoms with Crippen molar-refractivity contribution in [2.24, 2.45) is 0 Å². The van der Waals surface area contributed by atoms with Gasteiger partial charge in [0.1, 0.15) is 0 Å². The van der Waals surface area contributed by atoms with Gasteiger partial charge in [0.25, 0.3) is 0 Å². The van der Waals surface area contributed by atoms with Crippen LogP contribution in [0.5, 0.6) is 0 Å². The normalized spacial score (nSPS) is 12.0. The van der Waals surface area contributed by atoms with Gasteiger partial charge in [-0.15, -0.1) is 23.2 Å². The van der Waals surface area contributed by atoms with E-state index in [1.54, 1.807) is 0 Å². The van der Waals surface area contributed by atoms with Crippen LogP contribution in [0.2, 0.25) is 0 Å². The topological polar surface area (TPSA) is 28.2 Å². The Morgan fingerprint density at radius 3 is 0.947 bits per heavy atom. The molecule has 0 radical (unpaired) electrons. The molecule has 2 nitrogen and oxygen atoms in total. The molecule has 0 aliphatic heterocycles. The third-order valence-electron chi connectivity index (χ3n) is 2.95. The van der Waals surface area contributed by atoms with Crippen molar-refractivity contribution in [3.63, 3.8) is 0 Å². The predicted molar refractivity (Wildman–Crippen MR) is 91.5 cm³/mol. The first-order valence-corrected chi connectivity index (χ1v) is 7.39. The fraction of sp³-hybridized carbons (Fsp3) is 1.00. The minimum absolute atomic E-state index is 0. The Kier molecular flexibility index (Phi) is 14.8. The molecule has 0 aromatic heterocycles. The zero-order valence-electron chi connectivity index (χ0n) is 15.2. The summed E-state index contributed by atoms with van der Waals surface area (Å²) in [7, 11) is 0. The average Bonchev–Trinajstić information content (AvgIpc) is 2.15. The van der Waals surface area contributed by atoms with E-state index in [4.69, 9.17) is 0 Å². The maximum atomic E-state index is 4.53. The Bertz CT molecular complexity index is 177. The van der Waals surface area contributed by atoms with Crippen LogP contribution in [0.4, 0.5) is 0 Å². The smallest absolute Gasteiger partial charge is 0.655 e. The van der Waals surface area contributed by atoms with Crippen LogP contribution in [0.1, 0.15) is 82.1 Å². The molecular weight excluding hydrogens is 244 g/mol. The second kappa shape index (κ2) is 11.4. The van der Waals surface area contributed by atoms with Gasteiger partial charge in [-0.3, -0.25) is 0 Å². The number of nitrogens with zero attached hydrogens (tertiary/aromatic N) is 2. The summed E-state index contributed by atoms with van der Waals surface area (Å²) in [5.41, 5.74) is 0.377. The molecule has 3 heteroatoms. The number of rotatable bonds is 6. The first kappa shape index (κ1) is 24.7. The van der Waals surface area contributed by atoms with Gasteiger partial charge >= 0.3 is 23.1 Å². The van der Waals surface area contributed by atoms with Crippen molar-refractivity contribution < 1.29 is 0 Å². The van der Waals surface area contributed by atoms with Gasteiger partial charge in [-0.05, 0) is 0 Å². The van der Waals surface area contributed by atoms with Crippen molar-refractivity contribution in [3.05, 3.63) is 10.6 Å². The zero-order chi connectivity index (χ0) is 15.0. The quantitative estimate of drug-likeness (QED) is 0.572. The summed E-state index contributed by atoms with van der Waals surface area (Å²) in [4.78, 5) is 0.